The molecular formula is C30H50O7. The van der Waals surface area contributed by atoms with Gasteiger partial charge in [0.05, 0.1) is 66.1 Å². The topological polar surface area (TPSA) is 71.2 Å². The SMILES string of the molecule is CCC(C1COC1)C(OC(C1CO1)(C(CC)C1COC1)C(CC)C1COC1)(C1CO1)C(CC)C1COC1. The Hall–Kier alpha value is -0.280. The molecule has 6 atom stereocenters. The molecule has 0 spiro atoms. The zero-order valence-electron chi connectivity index (χ0n) is 23.5. The molecule has 0 N–H and O–H groups in total. The Labute approximate surface area is 223 Å². The second-order valence-electron chi connectivity index (χ2n) is 12.7. The molecule has 6 heterocycles. The molecule has 37 heavy (non-hydrogen) atoms. The van der Waals surface area contributed by atoms with Crippen molar-refractivity contribution >= 4 is 0 Å². The molecular weight excluding hydrogens is 472 g/mol. The minimum atomic E-state index is -0.367. The first-order valence-electron chi connectivity index (χ1n) is 15.4. The molecule has 0 aromatic rings. The molecule has 6 saturated heterocycles. The van der Waals surface area contributed by atoms with Gasteiger partial charge in [0.15, 0.2) is 0 Å². The van der Waals surface area contributed by atoms with Gasteiger partial charge in [0.1, 0.15) is 23.4 Å². The molecule has 0 aliphatic carbocycles. The third kappa shape index (κ3) is 4.43. The van der Waals surface area contributed by atoms with E-state index in [1.807, 2.05) is 0 Å². The van der Waals surface area contributed by atoms with Crippen molar-refractivity contribution in [2.45, 2.75) is 76.8 Å². The fourth-order valence-electron chi connectivity index (χ4n) is 8.89. The molecule has 0 bridgehead atoms. The first kappa shape index (κ1) is 26.9. The molecule has 0 aromatic heterocycles. The van der Waals surface area contributed by atoms with Crippen molar-refractivity contribution in [1.82, 2.24) is 0 Å². The third-order valence-electron chi connectivity index (χ3n) is 11.0. The van der Waals surface area contributed by atoms with E-state index in [4.69, 9.17) is 33.2 Å². The summed E-state index contributed by atoms with van der Waals surface area (Å²) < 4.78 is 44.2. The maximum absolute atomic E-state index is 8.24. The molecule has 6 fully saturated rings. The molecule has 0 aromatic carbocycles. The van der Waals surface area contributed by atoms with Gasteiger partial charge >= 0.3 is 0 Å². The standard InChI is InChI=1S/C30H50O7/c1-5-23(19-9-31-10-19)29(27-17-35-27,24(6-2)20-11-32-12-20)37-30(28-18-36-28,25(7-3)21-13-33-14-21)26(8-4)22-15-34-16-22/h19-28H,5-18H2,1-4H3. The monoisotopic (exact) mass is 522 g/mol. The van der Waals surface area contributed by atoms with Gasteiger partial charge in [0, 0.05) is 23.7 Å². The van der Waals surface area contributed by atoms with Crippen LogP contribution in [0.2, 0.25) is 0 Å². The van der Waals surface area contributed by atoms with E-state index in [0.717, 1.165) is 91.8 Å². The summed E-state index contributed by atoms with van der Waals surface area (Å²) in [5.41, 5.74) is -0.733. The summed E-state index contributed by atoms with van der Waals surface area (Å²) in [6, 6.07) is 0. The first-order valence-corrected chi connectivity index (χ1v) is 15.4. The van der Waals surface area contributed by atoms with Crippen LogP contribution < -0.4 is 0 Å². The lowest BCUT2D eigenvalue weighted by molar-refractivity contribution is -0.314. The zero-order chi connectivity index (χ0) is 25.6. The summed E-state index contributed by atoms with van der Waals surface area (Å²) in [6.07, 6.45) is 4.57. The highest BCUT2D eigenvalue weighted by Crippen LogP contribution is 2.59. The van der Waals surface area contributed by atoms with Gasteiger partial charge in [-0.25, -0.2) is 0 Å². The Morgan fingerprint density at radius 3 is 0.865 bits per heavy atom. The molecule has 7 heteroatoms. The predicted molar refractivity (Wildman–Crippen MR) is 138 cm³/mol. The quantitative estimate of drug-likeness (QED) is 0.284. The third-order valence-corrected chi connectivity index (χ3v) is 11.0. The van der Waals surface area contributed by atoms with Crippen LogP contribution in [0.4, 0.5) is 0 Å². The van der Waals surface area contributed by atoms with Crippen molar-refractivity contribution < 1.29 is 33.2 Å². The van der Waals surface area contributed by atoms with E-state index < -0.39 is 0 Å². The van der Waals surface area contributed by atoms with E-state index in [2.05, 4.69) is 27.7 Å². The van der Waals surface area contributed by atoms with E-state index in [9.17, 15) is 0 Å². The van der Waals surface area contributed by atoms with Crippen molar-refractivity contribution in [3.05, 3.63) is 0 Å². The Balaban J connectivity index is 1.49. The predicted octanol–water partition coefficient (Wildman–Crippen LogP) is 3.97. The van der Waals surface area contributed by atoms with Gasteiger partial charge in [-0.3, -0.25) is 0 Å². The molecule has 6 aliphatic rings. The van der Waals surface area contributed by atoms with Crippen LogP contribution in [0.1, 0.15) is 53.4 Å². The van der Waals surface area contributed by atoms with Gasteiger partial charge in [-0.05, 0) is 23.7 Å². The summed E-state index contributed by atoms with van der Waals surface area (Å²) in [7, 11) is 0. The van der Waals surface area contributed by atoms with Crippen molar-refractivity contribution in [2.24, 2.45) is 47.3 Å². The Bertz CT molecular complexity index is 645. The van der Waals surface area contributed by atoms with E-state index in [1.165, 1.54) is 0 Å². The normalized spacial score (nSPS) is 35.0. The highest BCUT2D eigenvalue weighted by atomic mass is 16.7. The number of epoxide rings is 2. The highest BCUT2D eigenvalue weighted by molar-refractivity contribution is 5.16. The molecule has 0 saturated carbocycles. The minimum absolute atomic E-state index is 0.131. The summed E-state index contributed by atoms with van der Waals surface area (Å²) in [6.45, 7) is 17.7. The van der Waals surface area contributed by atoms with Crippen LogP contribution in [0.25, 0.3) is 0 Å². The van der Waals surface area contributed by atoms with Gasteiger partial charge in [-0.15, -0.1) is 0 Å². The van der Waals surface area contributed by atoms with Gasteiger partial charge in [0.2, 0.25) is 0 Å². The lowest BCUT2D eigenvalue weighted by Crippen LogP contribution is -2.70. The van der Waals surface area contributed by atoms with E-state index >= 15 is 0 Å². The molecule has 0 radical (unpaired) electrons. The average Bonchev–Trinajstić information content (AvgIpc) is 3.66. The average molecular weight is 523 g/mol. The van der Waals surface area contributed by atoms with Crippen LogP contribution in [-0.2, 0) is 33.2 Å². The van der Waals surface area contributed by atoms with Crippen LogP contribution in [0.3, 0.4) is 0 Å². The van der Waals surface area contributed by atoms with Crippen LogP contribution >= 0.6 is 0 Å². The van der Waals surface area contributed by atoms with E-state index in [-0.39, 0.29) is 23.4 Å². The Morgan fingerprint density at radius 2 is 0.730 bits per heavy atom. The smallest absolute Gasteiger partial charge is 0.110 e. The molecule has 6 rings (SSSR count). The van der Waals surface area contributed by atoms with Crippen LogP contribution in [-0.4, -0.2) is 89.5 Å². The van der Waals surface area contributed by atoms with Crippen molar-refractivity contribution in [3.63, 3.8) is 0 Å². The van der Waals surface area contributed by atoms with E-state index in [0.29, 0.717) is 47.3 Å². The molecule has 7 nitrogen and oxygen atoms in total. The number of hydrogen-bond donors (Lipinski definition) is 0. The van der Waals surface area contributed by atoms with Gasteiger partial charge in [-0.2, -0.15) is 0 Å². The number of ether oxygens (including phenoxy) is 7. The fourth-order valence-corrected chi connectivity index (χ4v) is 8.89. The van der Waals surface area contributed by atoms with Crippen molar-refractivity contribution in [2.75, 3.05) is 66.1 Å². The van der Waals surface area contributed by atoms with E-state index in [1.54, 1.807) is 0 Å². The number of hydrogen-bond acceptors (Lipinski definition) is 7. The Kier molecular flexibility index (Phi) is 7.96. The lowest BCUT2D eigenvalue weighted by Gasteiger charge is -2.61. The summed E-state index contributed by atoms with van der Waals surface area (Å²) in [5.74, 6) is 3.63. The summed E-state index contributed by atoms with van der Waals surface area (Å²) >= 11 is 0. The van der Waals surface area contributed by atoms with Crippen LogP contribution in [0.15, 0.2) is 0 Å². The van der Waals surface area contributed by atoms with Crippen molar-refractivity contribution in [1.29, 1.82) is 0 Å². The zero-order valence-corrected chi connectivity index (χ0v) is 23.5. The minimum Gasteiger partial charge on any atom is -0.381 e. The van der Waals surface area contributed by atoms with Gasteiger partial charge < -0.3 is 33.2 Å². The second kappa shape index (κ2) is 10.9. The maximum atomic E-state index is 8.24. The molecule has 6 aliphatic heterocycles. The number of rotatable bonds is 16. The van der Waals surface area contributed by atoms with Crippen LogP contribution in [0, 0.1) is 47.3 Å². The van der Waals surface area contributed by atoms with Gasteiger partial charge in [0.25, 0.3) is 0 Å². The summed E-state index contributed by atoms with van der Waals surface area (Å²) in [5, 5.41) is 0. The second-order valence-corrected chi connectivity index (χ2v) is 12.7. The molecule has 0 amide bonds. The van der Waals surface area contributed by atoms with Gasteiger partial charge in [-0.1, -0.05) is 53.4 Å². The lowest BCUT2D eigenvalue weighted by atomic mass is 9.59. The highest BCUT2D eigenvalue weighted by Gasteiger charge is 2.69. The van der Waals surface area contributed by atoms with Crippen LogP contribution in [0.5, 0.6) is 0 Å². The molecule has 212 valence electrons. The largest absolute Gasteiger partial charge is 0.381 e. The fraction of sp³-hybridized carbons (Fsp3) is 1.00. The summed E-state index contributed by atoms with van der Waals surface area (Å²) in [4.78, 5) is 0. The maximum Gasteiger partial charge on any atom is 0.110 e. The van der Waals surface area contributed by atoms with Crippen molar-refractivity contribution in [3.8, 4) is 0 Å². The molecule has 6 unspecified atom stereocenters. The Morgan fingerprint density at radius 1 is 0.486 bits per heavy atom. The first-order chi connectivity index (χ1) is 18.1.